The molecule has 0 radical (unpaired) electrons. The number of hydrogen-bond acceptors (Lipinski definition) is 9. The minimum Gasteiger partial charge on any atom is -0.379 e. The van der Waals surface area contributed by atoms with Crippen LogP contribution in [0.25, 0.3) is 0 Å². The Bertz CT molecular complexity index is 1330. The number of primary amides is 1. The normalized spacial score (nSPS) is 19.5. The number of amides is 7. The first-order chi connectivity index (χ1) is 24.8. The van der Waals surface area contributed by atoms with Crippen molar-refractivity contribution >= 4 is 41.4 Å². The zero-order valence-electron chi connectivity index (χ0n) is 33.4. The fourth-order valence-electron chi connectivity index (χ4n) is 7.23. The van der Waals surface area contributed by atoms with E-state index in [4.69, 9.17) is 15.2 Å². The highest BCUT2D eigenvalue weighted by molar-refractivity contribution is 6.12. The van der Waals surface area contributed by atoms with Crippen molar-refractivity contribution in [1.29, 1.82) is 0 Å². The molecular formula is C38H64N6O9. The summed E-state index contributed by atoms with van der Waals surface area (Å²) in [6.45, 7) is 13.3. The van der Waals surface area contributed by atoms with Gasteiger partial charge < -0.3 is 35.6 Å². The predicted octanol–water partition coefficient (Wildman–Crippen LogP) is 1.91. The molecule has 15 nitrogen and oxygen atoms in total. The van der Waals surface area contributed by atoms with Crippen LogP contribution in [-0.4, -0.2) is 126 Å². The van der Waals surface area contributed by atoms with Gasteiger partial charge in [-0.1, -0.05) is 47.5 Å². The summed E-state index contributed by atoms with van der Waals surface area (Å²) in [5.74, 6) is -3.55. The van der Waals surface area contributed by atoms with E-state index in [0.717, 1.165) is 11.3 Å². The van der Waals surface area contributed by atoms with Gasteiger partial charge in [0.1, 0.15) is 11.6 Å². The van der Waals surface area contributed by atoms with Crippen molar-refractivity contribution in [2.45, 2.75) is 136 Å². The monoisotopic (exact) mass is 748 g/mol. The van der Waals surface area contributed by atoms with Gasteiger partial charge in [0.05, 0.1) is 36.6 Å². The van der Waals surface area contributed by atoms with Crippen molar-refractivity contribution in [2.75, 3.05) is 34.4 Å². The van der Waals surface area contributed by atoms with E-state index in [9.17, 15) is 33.6 Å². The number of nitrogens with zero attached hydrogens (tertiary/aromatic N) is 3. The summed E-state index contributed by atoms with van der Waals surface area (Å²) in [6.07, 6.45) is 5.17. The molecule has 2 rings (SSSR count). The number of carbonyl (C=O) groups is 7. The van der Waals surface area contributed by atoms with Crippen LogP contribution in [0.4, 0.5) is 0 Å². The second-order valence-electron chi connectivity index (χ2n) is 15.3. The molecule has 0 unspecified atom stereocenters. The standard InChI is InChI=1S/C38H64N6O9/c1-11-24(4)33(27(52-9)22-31(48)43-21-15-16-26(43)34(53-10)25(5)35(39)49)42(8)36(50)32(23(2)3)40-37(51)38(6,7)41-28(45)17-13-12-14-20-44-29(46)18-19-30(44)47/h18-19,23-27,32-34H,11-17,20-22H2,1-10H3,(H2,39,49)(H,40,51)(H,41,45)/t24-,25+,26-,27+,32-,33-,34+/m0/s1. The molecule has 1 fully saturated rings. The summed E-state index contributed by atoms with van der Waals surface area (Å²) in [6, 6.07) is -1.78. The molecule has 53 heavy (non-hydrogen) atoms. The molecular weight excluding hydrogens is 684 g/mol. The molecule has 0 aromatic carbocycles. The van der Waals surface area contributed by atoms with Gasteiger partial charge in [-0.3, -0.25) is 38.5 Å². The molecule has 1 saturated heterocycles. The summed E-state index contributed by atoms with van der Waals surface area (Å²) in [4.78, 5) is 94.3. The molecule has 7 amide bonds. The third-order valence-electron chi connectivity index (χ3n) is 10.7. The van der Waals surface area contributed by atoms with Gasteiger partial charge in [-0.25, -0.2) is 0 Å². The second-order valence-corrected chi connectivity index (χ2v) is 15.3. The zero-order chi connectivity index (χ0) is 40.2. The van der Waals surface area contributed by atoms with E-state index in [1.54, 1.807) is 37.6 Å². The Morgan fingerprint density at radius 3 is 2.15 bits per heavy atom. The lowest BCUT2D eigenvalue weighted by Crippen LogP contribution is -2.62. The van der Waals surface area contributed by atoms with Crippen LogP contribution in [0, 0.1) is 17.8 Å². The highest BCUT2D eigenvalue weighted by Gasteiger charge is 2.43. The van der Waals surface area contributed by atoms with Gasteiger partial charge in [-0.2, -0.15) is 0 Å². The van der Waals surface area contributed by atoms with Crippen LogP contribution in [-0.2, 0) is 43.0 Å². The third kappa shape index (κ3) is 12.1. The number of likely N-dealkylation sites (N-methyl/N-ethyl adjacent to an activating group) is 1. The summed E-state index contributed by atoms with van der Waals surface area (Å²) in [5.41, 5.74) is 4.25. The van der Waals surface area contributed by atoms with Crippen molar-refractivity contribution < 1.29 is 43.0 Å². The molecule has 300 valence electrons. The molecule has 2 heterocycles. The minimum absolute atomic E-state index is 0.00943. The SMILES string of the molecule is CC[C@H](C)[C@@H]([C@@H](CC(=O)N1CCC[C@H]1[C@H](OC)[C@@H](C)C(N)=O)OC)N(C)C(=O)[C@@H](NC(=O)C(C)(C)NC(=O)CCCCCN1C(=O)C=CC1=O)C(C)C. The van der Waals surface area contributed by atoms with Crippen LogP contribution in [0.2, 0.25) is 0 Å². The Morgan fingerprint density at radius 1 is 1.00 bits per heavy atom. The van der Waals surface area contributed by atoms with Crippen LogP contribution >= 0.6 is 0 Å². The number of ether oxygens (including phenoxy) is 2. The third-order valence-corrected chi connectivity index (χ3v) is 10.7. The van der Waals surface area contributed by atoms with Crippen LogP contribution in [0.15, 0.2) is 12.2 Å². The highest BCUT2D eigenvalue weighted by Crippen LogP contribution is 2.29. The quantitative estimate of drug-likeness (QED) is 0.109. The van der Waals surface area contributed by atoms with Gasteiger partial charge in [0.25, 0.3) is 11.8 Å². The van der Waals surface area contributed by atoms with Crippen LogP contribution < -0.4 is 16.4 Å². The van der Waals surface area contributed by atoms with Crippen LogP contribution in [0.3, 0.4) is 0 Å². The van der Waals surface area contributed by atoms with E-state index in [0.29, 0.717) is 38.6 Å². The average Bonchev–Trinajstić information content (AvgIpc) is 3.71. The van der Waals surface area contributed by atoms with Crippen molar-refractivity contribution in [1.82, 2.24) is 25.3 Å². The number of likely N-dealkylation sites (tertiary alicyclic amines) is 1. The molecule has 0 aromatic heterocycles. The van der Waals surface area contributed by atoms with Gasteiger partial charge in [-0.05, 0) is 51.4 Å². The number of unbranched alkanes of at least 4 members (excludes halogenated alkanes) is 2. The van der Waals surface area contributed by atoms with E-state index in [1.165, 1.54) is 26.4 Å². The molecule has 0 bridgehead atoms. The summed E-state index contributed by atoms with van der Waals surface area (Å²) < 4.78 is 11.6. The summed E-state index contributed by atoms with van der Waals surface area (Å²) >= 11 is 0. The smallest absolute Gasteiger partial charge is 0.253 e. The first kappa shape index (κ1) is 45.3. The average molecular weight is 749 g/mol. The Balaban J connectivity index is 2.10. The predicted molar refractivity (Wildman–Crippen MR) is 199 cm³/mol. The summed E-state index contributed by atoms with van der Waals surface area (Å²) in [7, 11) is 4.68. The van der Waals surface area contributed by atoms with Crippen LogP contribution in [0.5, 0.6) is 0 Å². The van der Waals surface area contributed by atoms with Gasteiger partial charge in [0.15, 0.2) is 0 Å². The summed E-state index contributed by atoms with van der Waals surface area (Å²) in [5, 5.41) is 5.64. The maximum atomic E-state index is 14.2. The van der Waals surface area contributed by atoms with Crippen LogP contribution in [0.1, 0.15) is 99.8 Å². The van der Waals surface area contributed by atoms with E-state index >= 15 is 0 Å². The Kier molecular flexibility index (Phi) is 17.6. The highest BCUT2D eigenvalue weighted by atomic mass is 16.5. The van der Waals surface area contributed by atoms with Crippen molar-refractivity contribution in [3.63, 3.8) is 0 Å². The number of rotatable bonds is 22. The molecule has 7 atom stereocenters. The minimum atomic E-state index is -1.33. The number of hydrogen-bond donors (Lipinski definition) is 3. The Morgan fingerprint density at radius 2 is 1.62 bits per heavy atom. The Labute approximate surface area is 315 Å². The van der Waals surface area contributed by atoms with E-state index < -0.39 is 47.6 Å². The maximum absolute atomic E-state index is 14.2. The van der Waals surface area contributed by atoms with Crippen molar-refractivity contribution in [2.24, 2.45) is 23.5 Å². The number of nitrogens with one attached hydrogen (secondary N) is 2. The fraction of sp³-hybridized carbons (Fsp3) is 0.763. The molecule has 15 heteroatoms. The number of methoxy groups -OCH3 is 2. The second kappa shape index (κ2) is 20.6. The molecule has 0 spiro atoms. The topological polar surface area (TPSA) is 198 Å². The lowest BCUT2D eigenvalue weighted by Gasteiger charge is -2.41. The van der Waals surface area contributed by atoms with Crippen molar-refractivity contribution in [3.8, 4) is 0 Å². The molecule has 0 aliphatic carbocycles. The first-order valence-corrected chi connectivity index (χ1v) is 18.9. The number of carbonyl (C=O) groups excluding carboxylic acids is 7. The van der Waals surface area contributed by atoms with Gasteiger partial charge in [0, 0.05) is 52.9 Å². The zero-order valence-corrected chi connectivity index (χ0v) is 33.4. The van der Waals surface area contributed by atoms with Gasteiger partial charge in [0.2, 0.25) is 29.5 Å². The van der Waals surface area contributed by atoms with Crippen molar-refractivity contribution in [3.05, 3.63) is 12.2 Å². The first-order valence-electron chi connectivity index (χ1n) is 18.9. The van der Waals surface area contributed by atoms with E-state index in [-0.39, 0.29) is 66.8 Å². The van der Waals surface area contributed by atoms with E-state index in [1.807, 2.05) is 27.7 Å². The maximum Gasteiger partial charge on any atom is 0.253 e. The fourth-order valence-corrected chi connectivity index (χ4v) is 7.23. The molecule has 2 aliphatic rings. The lowest BCUT2D eigenvalue weighted by atomic mass is 9.89. The molecule has 0 saturated carbocycles. The largest absolute Gasteiger partial charge is 0.379 e. The Hall–Kier alpha value is -3.85. The molecule has 0 aromatic rings. The number of nitrogens with two attached hydrogens (primary N) is 1. The van der Waals surface area contributed by atoms with E-state index in [2.05, 4.69) is 10.6 Å². The number of imide groups is 1. The van der Waals surface area contributed by atoms with Gasteiger partial charge in [-0.15, -0.1) is 0 Å². The lowest BCUT2D eigenvalue weighted by molar-refractivity contribution is -0.148. The van der Waals surface area contributed by atoms with Gasteiger partial charge >= 0.3 is 0 Å². The molecule has 2 aliphatic heterocycles. The molecule has 4 N–H and O–H groups in total.